The Hall–Kier alpha value is -0.0800. The lowest BCUT2D eigenvalue weighted by Crippen LogP contribution is -2.41. The van der Waals surface area contributed by atoms with Gasteiger partial charge in [0.2, 0.25) is 0 Å². The van der Waals surface area contributed by atoms with Crippen LogP contribution in [0.3, 0.4) is 0 Å². The summed E-state index contributed by atoms with van der Waals surface area (Å²) in [6.07, 6.45) is 4.00. The highest BCUT2D eigenvalue weighted by molar-refractivity contribution is 4.95. The van der Waals surface area contributed by atoms with Crippen LogP contribution in [0.15, 0.2) is 0 Å². The van der Waals surface area contributed by atoms with E-state index >= 15 is 0 Å². The van der Waals surface area contributed by atoms with Crippen molar-refractivity contribution in [3.63, 3.8) is 0 Å². The van der Waals surface area contributed by atoms with Crippen LogP contribution in [0.4, 0.5) is 0 Å². The Balaban J connectivity index is 2.69. The van der Waals surface area contributed by atoms with Crippen molar-refractivity contribution < 1.29 is 10.2 Å². The van der Waals surface area contributed by atoms with Crippen molar-refractivity contribution in [2.45, 2.75) is 52.1 Å². The van der Waals surface area contributed by atoms with Crippen LogP contribution in [0, 0.1) is 11.3 Å². The van der Waals surface area contributed by atoms with Gasteiger partial charge in [0.15, 0.2) is 0 Å². The first-order valence-corrected chi connectivity index (χ1v) is 5.23. The third-order valence-electron chi connectivity index (χ3n) is 3.63. The van der Waals surface area contributed by atoms with E-state index in [1.54, 1.807) is 0 Å². The smallest absolute Gasteiger partial charge is 0.0674 e. The molecule has 1 fully saturated rings. The van der Waals surface area contributed by atoms with Gasteiger partial charge in [-0.05, 0) is 37.5 Å². The second-order valence-corrected chi connectivity index (χ2v) is 5.26. The monoisotopic (exact) mass is 186 g/mol. The zero-order chi connectivity index (χ0) is 10.1. The summed E-state index contributed by atoms with van der Waals surface area (Å²) in [4.78, 5) is 0. The van der Waals surface area contributed by atoms with Crippen molar-refractivity contribution in [3.05, 3.63) is 0 Å². The first-order chi connectivity index (χ1) is 5.90. The fourth-order valence-electron chi connectivity index (χ4n) is 2.88. The van der Waals surface area contributed by atoms with Crippen molar-refractivity contribution >= 4 is 0 Å². The molecule has 1 aliphatic carbocycles. The molecular weight excluding hydrogens is 164 g/mol. The lowest BCUT2D eigenvalue weighted by molar-refractivity contribution is -0.0544. The topological polar surface area (TPSA) is 40.5 Å². The minimum absolute atomic E-state index is 0.0829. The molecule has 0 spiro atoms. The van der Waals surface area contributed by atoms with Gasteiger partial charge in [-0.3, -0.25) is 0 Å². The molecule has 1 rings (SSSR count). The van der Waals surface area contributed by atoms with Gasteiger partial charge >= 0.3 is 0 Å². The van der Waals surface area contributed by atoms with Crippen LogP contribution in [0.5, 0.6) is 0 Å². The molecule has 78 valence electrons. The van der Waals surface area contributed by atoms with E-state index in [9.17, 15) is 5.11 Å². The molecule has 0 aliphatic heterocycles. The van der Waals surface area contributed by atoms with Crippen LogP contribution in [0.1, 0.15) is 46.5 Å². The first kappa shape index (κ1) is 11.0. The van der Waals surface area contributed by atoms with E-state index in [-0.39, 0.29) is 12.0 Å². The van der Waals surface area contributed by atoms with Crippen LogP contribution in [0.2, 0.25) is 0 Å². The normalized spacial score (nSPS) is 31.6. The van der Waals surface area contributed by atoms with Crippen molar-refractivity contribution in [2.24, 2.45) is 11.3 Å². The lowest BCUT2D eigenvalue weighted by atomic mass is 9.71. The highest BCUT2D eigenvalue weighted by Crippen LogP contribution is 2.48. The molecule has 2 N–H and O–H groups in total. The third kappa shape index (κ3) is 2.23. The maximum absolute atomic E-state index is 10.2. The quantitative estimate of drug-likeness (QED) is 0.707. The lowest BCUT2D eigenvalue weighted by Gasteiger charge is -2.38. The highest BCUT2D eigenvalue weighted by Gasteiger charge is 2.44. The maximum Gasteiger partial charge on any atom is 0.0674 e. The molecule has 0 amide bonds. The van der Waals surface area contributed by atoms with Gasteiger partial charge in [-0.25, -0.2) is 0 Å². The van der Waals surface area contributed by atoms with Crippen molar-refractivity contribution in [1.29, 1.82) is 0 Å². The molecule has 13 heavy (non-hydrogen) atoms. The average Bonchev–Trinajstić information content (AvgIpc) is 2.29. The molecule has 2 heteroatoms. The van der Waals surface area contributed by atoms with E-state index in [1.807, 2.05) is 6.92 Å². The summed E-state index contributed by atoms with van der Waals surface area (Å²) in [6.45, 7) is 6.38. The van der Waals surface area contributed by atoms with E-state index in [1.165, 1.54) is 12.8 Å². The molecule has 2 atom stereocenters. The molecule has 1 aliphatic rings. The summed E-state index contributed by atoms with van der Waals surface area (Å²) in [5.41, 5.74) is -0.451. The number of aliphatic hydroxyl groups excluding tert-OH is 1. The van der Waals surface area contributed by atoms with Gasteiger partial charge in [0, 0.05) is 6.61 Å². The third-order valence-corrected chi connectivity index (χ3v) is 3.63. The minimum atomic E-state index is -0.686. The number of hydrogen-bond donors (Lipinski definition) is 2. The van der Waals surface area contributed by atoms with Gasteiger partial charge in [0.25, 0.3) is 0 Å². The van der Waals surface area contributed by atoms with E-state index < -0.39 is 5.60 Å². The Morgan fingerprint density at radius 1 is 1.46 bits per heavy atom. The molecule has 1 saturated carbocycles. The zero-order valence-electron chi connectivity index (χ0n) is 9.01. The van der Waals surface area contributed by atoms with E-state index in [0.717, 1.165) is 6.42 Å². The molecule has 0 bridgehead atoms. The Morgan fingerprint density at radius 2 is 2.08 bits per heavy atom. The zero-order valence-corrected chi connectivity index (χ0v) is 9.01. The van der Waals surface area contributed by atoms with Crippen LogP contribution in [0.25, 0.3) is 0 Å². The van der Waals surface area contributed by atoms with Gasteiger partial charge in [-0.15, -0.1) is 0 Å². The Morgan fingerprint density at radius 3 is 2.46 bits per heavy atom. The SMILES string of the molecule is CC1(C)CCC[C@@H]1[C@](C)(O)CCO. The molecular formula is C11H22O2. The highest BCUT2D eigenvalue weighted by atomic mass is 16.3. The van der Waals surface area contributed by atoms with Crippen LogP contribution < -0.4 is 0 Å². The predicted molar refractivity (Wildman–Crippen MR) is 53.4 cm³/mol. The molecule has 0 unspecified atom stereocenters. The summed E-state index contributed by atoms with van der Waals surface area (Å²) >= 11 is 0. The summed E-state index contributed by atoms with van der Waals surface area (Å²) in [5.74, 6) is 0.340. The van der Waals surface area contributed by atoms with Crippen LogP contribution >= 0.6 is 0 Å². The van der Waals surface area contributed by atoms with Gasteiger partial charge in [-0.2, -0.15) is 0 Å². The molecule has 0 aromatic rings. The predicted octanol–water partition coefficient (Wildman–Crippen LogP) is 1.95. The van der Waals surface area contributed by atoms with E-state index in [4.69, 9.17) is 5.11 Å². The Labute approximate surface area is 81.0 Å². The van der Waals surface area contributed by atoms with Crippen molar-refractivity contribution in [3.8, 4) is 0 Å². The summed E-state index contributed by atoms with van der Waals surface area (Å²) in [5, 5.41) is 19.1. The van der Waals surface area contributed by atoms with Crippen LogP contribution in [-0.4, -0.2) is 22.4 Å². The van der Waals surface area contributed by atoms with Gasteiger partial charge in [0.05, 0.1) is 5.60 Å². The van der Waals surface area contributed by atoms with Crippen LogP contribution in [-0.2, 0) is 0 Å². The molecule has 0 saturated heterocycles. The minimum Gasteiger partial charge on any atom is -0.396 e. The average molecular weight is 186 g/mol. The van der Waals surface area contributed by atoms with Gasteiger partial charge in [-0.1, -0.05) is 20.3 Å². The molecule has 0 aromatic heterocycles. The molecule has 2 nitrogen and oxygen atoms in total. The number of aliphatic hydroxyl groups is 2. The Bertz CT molecular complexity index is 173. The van der Waals surface area contributed by atoms with Gasteiger partial charge in [0.1, 0.15) is 0 Å². The van der Waals surface area contributed by atoms with Crippen molar-refractivity contribution in [1.82, 2.24) is 0 Å². The fraction of sp³-hybridized carbons (Fsp3) is 1.00. The van der Waals surface area contributed by atoms with Crippen molar-refractivity contribution in [2.75, 3.05) is 6.61 Å². The Kier molecular flexibility index (Phi) is 3.03. The largest absolute Gasteiger partial charge is 0.396 e. The second-order valence-electron chi connectivity index (χ2n) is 5.26. The summed E-state index contributed by atoms with van der Waals surface area (Å²) in [7, 11) is 0. The summed E-state index contributed by atoms with van der Waals surface area (Å²) in [6, 6.07) is 0. The summed E-state index contributed by atoms with van der Waals surface area (Å²) < 4.78 is 0. The van der Waals surface area contributed by atoms with E-state index in [0.29, 0.717) is 12.3 Å². The first-order valence-electron chi connectivity index (χ1n) is 5.23. The molecule has 0 heterocycles. The number of rotatable bonds is 3. The molecule has 0 aromatic carbocycles. The second kappa shape index (κ2) is 3.58. The van der Waals surface area contributed by atoms with E-state index in [2.05, 4.69) is 13.8 Å². The standard InChI is InChI=1S/C11H22O2/c1-10(2)6-4-5-9(10)11(3,13)7-8-12/h9,12-13H,4-8H2,1-3H3/t9-,11+/m0/s1. The van der Waals surface area contributed by atoms with Gasteiger partial charge < -0.3 is 10.2 Å². The fourth-order valence-corrected chi connectivity index (χ4v) is 2.88. The maximum atomic E-state index is 10.2. The molecule has 0 radical (unpaired) electrons. The number of hydrogen-bond acceptors (Lipinski definition) is 2.